The molecule has 6 heteroatoms. The second-order valence-electron chi connectivity index (χ2n) is 3.48. The Kier molecular flexibility index (Phi) is 4.92. The number of thiazole rings is 1. The third kappa shape index (κ3) is 3.30. The van der Waals surface area contributed by atoms with Crippen molar-refractivity contribution in [3.05, 3.63) is 33.5 Å². The van der Waals surface area contributed by atoms with Gasteiger partial charge in [0.25, 0.3) is 0 Å². The minimum absolute atomic E-state index is 0. The third-order valence-electron chi connectivity index (χ3n) is 2.22. The lowest BCUT2D eigenvalue weighted by molar-refractivity contribution is 0.679. The zero-order chi connectivity index (χ0) is 10.7. The number of nitrogens with zero attached hydrogens (tertiary/aromatic N) is 2. The molecule has 0 saturated heterocycles. The minimum Gasteiger partial charge on any atom is -0.307 e. The first kappa shape index (κ1) is 13.2. The lowest BCUT2D eigenvalue weighted by Crippen LogP contribution is -2.13. The molecule has 0 amide bonds. The van der Waals surface area contributed by atoms with Crippen LogP contribution in [0.1, 0.15) is 22.0 Å². The molecule has 0 spiro atoms. The van der Waals surface area contributed by atoms with Crippen molar-refractivity contribution in [3.8, 4) is 0 Å². The first-order valence-corrected chi connectivity index (χ1v) is 5.74. The van der Waals surface area contributed by atoms with Gasteiger partial charge in [-0.15, -0.1) is 23.7 Å². The summed E-state index contributed by atoms with van der Waals surface area (Å²) in [5.74, 6) is 0. The molecule has 0 aliphatic carbocycles. The van der Waals surface area contributed by atoms with Crippen molar-refractivity contribution in [2.75, 3.05) is 0 Å². The number of nitrogens with one attached hydrogen (secondary N) is 2. The summed E-state index contributed by atoms with van der Waals surface area (Å²) < 4.78 is 0. The molecule has 0 aliphatic heterocycles. The fourth-order valence-corrected chi connectivity index (χ4v) is 1.98. The number of hydrogen-bond donors (Lipinski definition) is 2. The van der Waals surface area contributed by atoms with Crippen LogP contribution in [0.4, 0.5) is 0 Å². The normalized spacial score (nSPS) is 10.1. The summed E-state index contributed by atoms with van der Waals surface area (Å²) >= 11 is 1.69. The molecule has 0 aromatic carbocycles. The van der Waals surface area contributed by atoms with E-state index in [0.29, 0.717) is 0 Å². The molecule has 0 fully saturated rings. The Bertz CT molecular complexity index is 437. The Morgan fingerprint density at radius 2 is 2.19 bits per heavy atom. The fourth-order valence-electron chi connectivity index (χ4n) is 1.37. The van der Waals surface area contributed by atoms with Crippen LogP contribution in [0.3, 0.4) is 0 Å². The van der Waals surface area contributed by atoms with Gasteiger partial charge in [0.1, 0.15) is 0 Å². The van der Waals surface area contributed by atoms with E-state index in [1.165, 1.54) is 5.56 Å². The van der Waals surface area contributed by atoms with E-state index >= 15 is 0 Å². The van der Waals surface area contributed by atoms with Gasteiger partial charge in [0.05, 0.1) is 16.9 Å². The number of aromatic nitrogens is 3. The van der Waals surface area contributed by atoms with Gasteiger partial charge in [0, 0.05) is 29.7 Å². The standard InChI is InChI=1S/C10H14N4S.ClH/c1-7-9(4-12-14-7)3-11-5-10-6-15-8(2)13-10;/h4,6,11H,3,5H2,1-2H3,(H,12,14);1H. The number of aromatic amines is 1. The van der Waals surface area contributed by atoms with E-state index in [4.69, 9.17) is 0 Å². The van der Waals surface area contributed by atoms with Gasteiger partial charge in [-0.2, -0.15) is 5.10 Å². The van der Waals surface area contributed by atoms with E-state index in [0.717, 1.165) is 29.5 Å². The van der Waals surface area contributed by atoms with Crippen LogP contribution < -0.4 is 5.32 Å². The van der Waals surface area contributed by atoms with Crippen molar-refractivity contribution in [3.63, 3.8) is 0 Å². The molecule has 0 radical (unpaired) electrons. The van der Waals surface area contributed by atoms with Gasteiger partial charge in [-0.3, -0.25) is 5.10 Å². The molecule has 0 unspecified atom stereocenters. The molecule has 2 heterocycles. The van der Waals surface area contributed by atoms with E-state index in [1.807, 2.05) is 20.0 Å². The van der Waals surface area contributed by atoms with Crippen LogP contribution in [0.2, 0.25) is 0 Å². The second-order valence-corrected chi connectivity index (χ2v) is 4.54. The van der Waals surface area contributed by atoms with Crippen LogP contribution in [0, 0.1) is 13.8 Å². The van der Waals surface area contributed by atoms with E-state index in [2.05, 4.69) is 25.9 Å². The first-order chi connectivity index (χ1) is 7.25. The van der Waals surface area contributed by atoms with Crippen LogP contribution in [-0.4, -0.2) is 15.2 Å². The van der Waals surface area contributed by atoms with E-state index in [1.54, 1.807) is 11.3 Å². The summed E-state index contributed by atoms with van der Waals surface area (Å²) in [4.78, 5) is 4.38. The molecule has 4 nitrogen and oxygen atoms in total. The van der Waals surface area contributed by atoms with Crippen molar-refractivity contribution < 1.29 is 0 Å². The number of hydrogen-bond acceptors (Lipinski definition) is 4. The molecule has 2 aromatic rings. The molecule has 0 bridgehead atoms. The highest BCUT2D eigenvalue weighted by Crippen LogP contribution is 2.08. The van der Waals surface area contributed by atoms with Crippen LogP contribution in [-0.2, 0) is 13.1 Å². The number of halogens is 1. The molecular formula is C10H15ClN4S. The summed E-state index contributed by atoms with van der Waals surface area (Å²) in [6.07, 6.45) is 1.86. The molecule has 0 atom stereocenters. The van der Waals surface area contributed by atoms with Gasteiger partial charge in [0.15, 0.2) is 0 Å². The lowest BCUT2D eigenvalue weighted by atomic mass is 10.2. The van der Waals surface area contributed by atoms with Crippen molar-refractivity contribution in [1.29, 1.82) is 0 Å². The highest BCUT2D eigenvalue weighted by Gasteiger charge is 2.01. The number of rotatable bonds is 4. The molecule has 2 aromatic heterocycles. The maximum atomic E-state index is 4.38. The van der Waals surface area contributed by atoms with Crippen molar-refractivity contribution in [1.82, 2.24) is 20.5 Å². The van der Waals surface area contributed by atoms with Gasteiger partial charge in [0.2, 0.25) is 0 Å². The predicted molar refractivity (Wildman–Crippen MR) is 68.0 cm³/mol. The van der Waals surface area contributed by atoms with Gasteiger partial charge < -0.3 is 5.32 Å². The summed E-state index contributed by atoms with van der Waals surface area (Å²) in [7, 11) is 0. The van der Waals surface area contributed by atoms with Crippen LogP contribution in [0.15, 0.2) is 11.6 Å². The molecule has 2 rings (SSSR count). The van der Waals surface area contributed by atoms with Gasteiger partial charge in [-0.1, -0.05) is 0 Å². The lowest BCUT2D eigenvalue weighted by Gasteiger charge is -2.00. The second kappa shape index (κ2) is 5.98. The molecule has 0 aliphatic rings. The van der Waals surface area contributed by atoms with Crippen LogP contribution in [0.5, 0.6) is 0 Å². The van der Waals surface area contributed by atoms with E-state index in [-0.39, 0.29) is 12.4 Å². The Hall–Kier alpha value is -0.910. The SMILES string of the molecule is Cc1nc(CNCc2cn[nH]c2C)cs1.Cl. The van der Waals surface area contributed by atoms with Crippen molar-refractivity contribution >= 4 is 23.7 Å². The predicted octanol–water partition coefficient (Wildman–Crippen LogP) is 2.19. The van der Waals surface area contributed by atoms with Crippen LogP contribution >= 0.6 is 23.7 Å². The maximum Gasteiger partial charge on any atom is 0.0897 e. The van der Waals surface area contributed by atoms with Gasteiger partial charge in [-0.25, -0.2) is 4.98 Å². The molecule has 88 valence electrons. The van der Waals surface area contributed by atoms with E-state index in [9.17, 15) is 0 Å². The summed E-state index contributed by atoms with van der Waals surface area (Å²) in [5.41, 5.74) is 3.44. The largest absolute Gasteiger partial charge is 0.307 e. The minimum atomic E-state index is 0. The molecule has 2 N–H and O–H groups in total. The van der Waals surface area contributed by atoms with E-state index < -0.39 is 0 Å². The highest BCUT2D eigenvalue weighted by molar-refractivity contribution is 7.09. The average Bonchev–Trinajstić information content (AvgIpc) is 2.77. The Morgan fingerprint density at radius 3 is 2.75 bits per heavy atom. The summed E-state index contributed by atoms with van der Waals surface area (Å²) in [6, 6.07) is 0. The monoisotopic (exact) mass is 258 g/mol. The summed E-state index contributed by atoms with van der Waals surface area (Å²) in [6.45, 7) is 5.69. The first-order valence-electron chi connectivity index (χ1n) is 4.86. The van der Waals surface area contributed by atoms with Crippen LogP contribution in [0.25, 0.3) is 0 Å². The Labute approximate surface area is 105 Å². The third-order valence-corrected chi connectivity index (χ3v) is 3.04. The van der Waals surface area contributed by atoms with Crippen molar-refractivity contribution in [2.24, 2.45) is 0 Å². The van der Waals surface area contributed by atoms with Gasteiger partial charge >= 0.3 is 0 Å². The quantitative estimate of drug-likeness (QED) is 0.884. The molecular weight excluding hydrogens is 244 g/mol. The average molecular weight is 259 g/mol. The fraction of sp³-hybridized carbons (Fsp3) is 0.400. The Morgan fingerprint density at radius 1 is 1.38 bits per heavy atom. The maximum absolute atomic E-state index is 4.38. The van der Waals surface area contributed by atoms with Gasteiger partial charge in [-0.05, 0) is 13.8 Å². The zero-order valence-corrected chi connectivity index (χ0v) is 10.9. The zero-order valence-electron chi connectivity index (χ0n) is 9.28. The highest BCUT2D eigenvalue weighted by atomic mass is 35.5. The number of aryl methyl sites for hydroxylation is 2. The molecule has 0 saturated carbocycles. The Balaban J connectivity index is 0.00000128. The number of H-pyrrole nitrogens is 1. The smallest absolute Gasteiger partial charge is 0.0897 e. The topological polar surface area (TPSA) is 53.6 Å². The van der Waals surface area contributed by atoms with Crippen molar-refractivity contribution in [2.45, 2.75) is 26.9 Å². The summed E-state index contributed by atoms with van der Waals surface area (Å²) in [5, 5.41) is 13.4. The molecule has 16 heavy (non-hydrogen) atoms.